The molecule has 1 aliphatic heterocycles. The molecule has 2 aromatic carbocycles. The molecular formula is C25H31N5O2. The molecule has 2 heterocycles. The van der Waals surface area contributed by atoms with Crippen LogP contribution in [0.25, 0.3) is 10.9 Å². The number of aromatic nitrogens is 2. The molecule has 0 saturated carbocycles. The number of amides is 1. The molecule has 1 aliphatic rings. The molecular weight excluding hydrogens is 402 g/mol. The molecule has 7 nitrogen and oxygen atoms in total. The third kappa shape index (κ3) is 5.06. The van der Waals surface area contributed by atoms with Crippen LogP contribution in [0.4, 0.5) is 0 Å². The Morgan fingerprint density at radius 2 is 1.88 bits per heavy atom. The summed E-state index contributed by atoms with van der Waals surface area (Å²) in [6, 6.07) is 18.0. The number of fused-ring (bicyclic) bond motifs is 1. The number of rotatable bonds is 7. The van der Waals surface area contributed by atoms with Crippen molar-refractivity contribution in [2.75, 3.05) is 33.2 Å². The fourth-order valence-corrected chi connectivity index (χ4v) is 4.40. The Hall–Kier alpha value is -3.03. The summed E-state index contributed by atoms with van der Waals surface area (Å²) in [7, 11) is 2.09. The minimum absolute atomic E-state index is 0.00461. The van der Waals surface area contributed by atoms with Gasteiger partial charge < -0.3 is 15.0 Å². The summed E-state index contributed by atoms with van der Waals surface area (Å²) in [6.07, 6.45) is 1.25. The second-order valence-electron chi connectivity index (χ2n) is 8.72. The number of carbonyl (C=O) groups excluding carboxylic acids is 2. The molecule has 2 atom stereocenters. The number of carbonyl (C=O) groups is 2. The Balaban J connectivity index is 1.53. The van der Waals surface area contributed by atoms with Crippen LogP contribution in [0, 0.1) is 0 Å². The van der Waals surface area contributed by atoms with Crippen LogP contribution < -0.4 is 5.32 Å². The zero-order valence-corrected chi connectivity index (χ0v) is 18.8. The normalized spacial score (nSPS) is 18.9. The van der Waals surface area contributed by atoms with E-state index in [9.17, 15) is 9.59 Å². The molecule has 1 saturated heterocycles. The van der Waals surface area contributed by atoms with E-state index in [0.717, 1.165) is 49.9 Å². The first-order valence-corrected chi connectivity index (χ1v) is 11.2. The van der Waals surface area contributed by atoms with Gasteiger partial charge in [0.05, 0.1) is 17.6 Å². The van der Waals surface area contributed by atoms with E-state index >= 15 is 0 Å². The summed E-state index contributed by atoms with van der Waals surface area (Å²) in [5.74, 6) is -0.168. The molecule has 32 heavy (non-hydrogen) atoms. The average Bonchev–Trinajstić information content (AvgIpc) is 3.09. The van der Waals surface area contributed by atoms with Crippen LogP contribution >= 0.6 is 0 Å². The summed E-state index contributed by atoms with van der Waals surface area (Å²) in [5, 5.41) is 8.66. The topological polar surface area (TPSA) is 70.5 Å². The molecule has 1 N–H and O–H groups in total. The predicted molar refractivity (Wildman–Crippen MR) is 126 cm³/mol. The Morgan fingerprint density at radius 1 is 1.12 bits per heavy atom. The van der Waals surface area contributed by atoms with Crippen LogP contribution in [0.5, 0.6) is 0 Å². The maximum Gasteiger partial charge on any atom is 0.272 e. The van der Waals surface area contributed by atoms with Gasteiger partial charge in [-0.15, -0.1) is 0 Å². The highest BCUT2D eigenvalue weighted by molar-refractivity contribution is 6.05. The van der Waals surface area contributed by atoms with Gasteiger partial charge in [0.15, 0.2) is 5.69 Å². The monoisotopic (exact) mass is 433 g/mol. The molecule has 1 amide bonds. The number of aldehydes is 1. The standard InChI is InChI=1S/C25H31N5O2/c1-19(12-15-31)30-23-11-7-6-10-22(23)24(27-30)25(32)26-21-17-28(2)13-14-29(18-21)16-20-8-4-3-5-9-20/h3-11,15,19,21H,12-14,16-18H2,1-2H3,(H,26,32). The van der Waals surface area contributed by atoms with Crippen LogP contribution in [0.3, 0.4) is 0 Å². The maximum absolute atomic E-state index is 13.3. The van der Waals surface area contributed by atoms with Crippen molar-refractivity contribution in [3.63, 3.8) is 0 Å². The molecule has 0 bridgehead atoms. The number of hydrogen-bond acceptors (Lipinski definition) is 5. The zero-order chi connectivity index (χ0) is 22.5. The van der Waals surface area contributed by atoms with Crippen molar-refractivity contribution in [1.29, 1.82) is 0 Å². The molecule has 0 aliphatic carbocycles. The first-order chi connectivity index (χ1) is 15.5. The van der Waals surface area contributed by atoms with Gasteiger partial charge in [-0.1, -0.05) is 48.5 Å². The number of hydrogen-bond donors (Lipinski definition) is 1. The fraction of sp³-hybridized carbons (Fsp3) is 0.400. The Morgan fingerprint density at radius 3 is 2.66 bits per heavy atom. The minimum atomic E-state index is -0.168. The molecule has 2 unspecified atom stereocenters. The van der Waals surface area contributed by atoms with Gasteiger partial charge in [-0.05, 0) is 25.6 Å². The van der Waals surface area contributed by atoms with E-state index in [1.807, 2.05) is 37.3 Å². The highest BCUT2D eigenvalue weighted by Crippen LogP contribution is 2.23. The molecule has 0 radical (unpaired) electrons. The van der Waals surface area contributed by atoms with Gasteiger partial charge in [0.1, 0.15) is 6.29 Å². The molecule has 4 rings (SSSR count). The van der Waals surface area contributed by atoms with Crippen molar-refractivity contribution in [1.82, 2.24) is 24.9 Å². The van der Waals surface area contributed by atoms with E-state index in [4.69, 9.17) is 0 Å². The Bertz CT molecular complexity index is 1060. The lowest BCUT2D eigenvalue weighted by Crippen LogP contribution is -2.46. The molecule has 3 aromatic rings. The lowest BCUT2D eigenvalue weighted by Gasteiger charge is -2.24. The Kier molecular flexibility index (Phi) is 6.97. The highest BCUT2D eigenvalue weighted by Gasteiger charge is 2.25. The summed E-state index contributed by atoms with van der Waals surface area (Å²) >= 11 is 0. The smallest absolute Gasteiger partial charge is 0.272 e. The molecule has 168 valence electrons. The summed E-state index contributed by atoms with van der Waals surface area (Å²) in [6.45, 7) is 6.29. The van der Waals surface area contributed by atoms with Gasteiger partial charge >= 0.3 is 0 Å². The SMILES string of the molecule is CC(CC=O)n1nc(C(=O)NC2CN(C)CCN(Cc3ccccc3)C2)c2ccccc21. The van der Waals surface area contributed by atoms with Crippen LogP contribution in [-0.2, 0) is 11.3 Å². The van der Waals surface area contributed by atoms with E-state index in [0.29, 0.717) is 12.1 Å². The molecule has 1 fully saturated rings. The van der Waals surface area contributed by atoms with Crippen molar-refractivity contribution in [2.45, 2.75) is 32.0 Å². The highest BCUT2D eigenvalue weighted by atomic mass is 16.2. The fourth-order valence-electron chi connectivity index (χ4n) is 4.40. The number of likely N-dealkylation sites (N-methyl/N-ethyl adjacent to an activating group) is 1. The second kappa shape index (κ2) is 10.1. The van der Waals surface area contributed by atoms with Gasteiger partial charge in [-0.25, -0.2) is 0 Å². The van der Waals surface area contributed by atoms with Crippen molar-refractivity contribution < 1.29 is 9.59 Å². The van der Waals surface area contributed by atoms with Gasteiger partial charge in [-0.3, -0.25) is 14.4 Å². The summed E-state index contributed by atoms with van der Waals surface area (Å²) in [5.41, 5.74) is 2.56. The van der Waals surface area contributed by atoms with Crippen LogP contribution in [0.1, 0.15) is 35.4 Å². The third-order valence-electron chi connectivity index (χ3n) is 6.08. The van der Waals surface area contributed by atoms with Gasteiger partial charge in [0.25, 0.3) is 5.91 Å². The number of nitrogens with zero attached hydrogens (tertiary/aromatic N) is 4. The first-order valence-electron chi connectivity index (χ1n) is 11.2. The zero-order valence-electron chi connectivity index (χ0n) is 18.8. The molecule has 0 spiro atoms. The second-order valence-corrected chi connectivity index (χ2v) is 8.72. The van der Waals surface area contributed by atoms with Gasteiger partial charge in [-0.2, -0.15) is 5.10 Å². The van der Waals surface area contributed by atoms with E-state index in [1.165, 1.54) is 5.56 Å². The van der Waals surface area contributed by atoms with E-state index in [1.54, 1.807) is 4.68 Å². The summed E-state index contributed by atoms with van der Waals surface area (Å²) in [4.78, 5) is 29.0. The van der Waals surface area contributed by atoms with E-state index < -0.39 is 0 Å². The average molecular weight is 434 g/mol. The van der Waals surface area contributed by atoms with Crippen LogP contribution in [0.2, 0.25) is 0 Å². The Labute approximate surface area is 189 Å². The molecule has 7 heteroatoms. The van der Waals surface area contributed by atoms with E-state index in [-0.39, 0.29) is 18.0 Å². The lowest BCUT2D eigenvalue weighted by molar-refractivity contribution is -0.108. The number of para-hydroxylation sites is 1. The van der Waals surface area contributed by atoms with Crippen LogP contribution in [0.15, 0.2) is 54.6 Å². The number of nitrogens with one attached hydrogen (secondary N) is 1. The van der Waals surface area contributed by atoms with Gasteiger partial charge in [0.2, 0.25) is 0 Å². The van der Waals surface area contributed by atoms with Crippen molar-refractivity contribution >= 4 is 23.1 Å². The van der Waals surface area contributed by atoms with Crippen molar-refractivity contribution in [3.8, 4) is 0 Å². The summed E-state index contributed by atoms with van der Waals surface area (Å²) < 4.78 is 1.79. The largest absolute Gasteiger partial charge is 0.345 e. The number of benzene rings is 2. The quantitative estimate of drug-likeness (QED) is 0.580. The maximum atomic E-state index is 13.3. The third-order valence-corrected chi connectivity index (χ3v) is 6.08. The van der Waals surface area contributed by atoms with Crippen LogP contribution in [-0.4, -0.2) is 71.0 Å². The lowest BCUT2D eigenvalue weighted by atomic mass is 10.1. The first kappa shape index (κ1) is 22.2. The van der Waals surface area contributed by atoms with Crippen molar-refractivity contribution in [2.24, 2.45) is 0 Å². The van der Waals surface area contributed by atoms with Crippen molar-refractivity contribution in [3.05, 3.63) is 65.9 Å². The van der Waals surface area contributed by atoms with Gasteiger partial charge in [0, 0.05) is 44.5 Å². The minimum Gasteiger partial charge on any atom is -0.345 e. The molecule has 1 aromatic heterocycles. The predicted octanol–water partition coefficient (Wildman–Crippen LogP) is 2.73. The van der Waals surface area contributed by atoms with E-state index in [2.05, 4.69) is 51.5 Å².